The molecule has 2 N–H and O–H groups in total. The van der Waals surface area contributed by atoms with Crippen LogP contribution in [0.4, 0.5) is 5.69 Å². The summed E-state index contributed by atoms with van der Waals surface area (Å²) in [6.07, 6.45) is 0. The van der Waals surface area contributed by atoms with Crippen LogP contribution >= 0.6 is 0 Å². The summed E-state index contributed by atoms with van der Waals surface area (Å²) < 4.78 is 31.6. The van der Waals surface area contributed by atoms with E-state index in [2.05, 4.69) is 10.6 Å². The Morgan fingerprint density at radius 1 is 0.941 bits per heavy atom. The van der Waals surface area contributed by atoms with Crippen molar-refractivity contribution in [2.45, 2.75) is 17.9 Å². The molecule has 0 bridgehead atoms. The zero-order chi connectivity index (χ0) is 24.7. The van der Waals surface area contributed by atoms with E-state index in [9.17, 15) is 18.0 Å². The molecule has 0 unspecified atom stereocenters. The van der Waals surface area contributed by atoms with Crippen LogP contribution in [0.25, 0.3) is 0 Å². The van der Waals surface area contributed by atoms with Gasteiger partial charge in [0.25, 0.3) is 5.91 Å². The second kappa shape index (κ2) is 11.0. The number of para-hydroxylation sites is 1. The molecule has 0 aliphatic carbocycles. The van der Waals surface area contributed by atoms with Gasteiger partial charge in [0.1, 0.15) is 5.75 Å². The minimum Gasteiger partial charge on any atom is -0.497 e. The summed E-state index contributed by atoms with van der Waals surface area (Å²) in [6, 6.07) is 21.7. The highest BCUT2D eigenvalue weighted by Gasteiger charge is 2.24. The van der Waals surface area contributed by atoms with E-state index >= 15 is 0 Å². The highest BCUT2D eigenvalue weighted by atomic mass is 32.2. The third-order valence-corrected chi connectivity index (χ3v) is 7.04. The first-order valence-corrected chi connectivity index (χ1v) is 12.0. The Morgan fingerprint density at radius 3 is 2.21 bits per heavy atom. The van der Waals surface area contributed by atoms with Crippen molar-refractivity contribution in [1.82, 2.24) is 9.62 Å². The van der Waals surface area contributed by atoms with Gasteiger partial charge in [0.15, 0.2) is 0 Å². The molecule has 3 aromatic rings. The summed E-state index contributed by atoms with van der Waals surface area (Å²) in [5, 5.41) is 5.57. The van der Waals surface area contributed by atoms with Gasteiger partial charge in [-0.15, -0.1) is 0 Å². The Kier molecular flexibility index (Phi) is 8.04. The molecule has 0 saturated heterocycles. The maximum absolute atomic E-state index is 12.9. The molecule has 34 heavy (non-hydrogen) atoms. The number of carbonyl (C=O) groups excluding carboxylic acids is 2. The fraction of sp³-hybridized carbons (Fsp3) is 0.200. The number of rotatable bonds is 9. The number of amides is 2. The summed E-state index contributed by atoms with van der Waals surface area (Å²) >= 11 is 0. The Bertz CT molecular complexity index is 1250. The van der Waals surface area contributed by atoms with Crippen molar-refractivity contribution >= 4 is 27.5 Å². The second-order valence-corrected chi connectivity index (χ2v) is 9.68. The van der Waals surface area contributed by atoms with Gasteiger partial charge in [-0.2, -0.15) is 4.31 Å². The van der Waals surface area contributed by atoms with Gasteiger partial charge in [-0.25, -0.2) is 8.42 Å². The van der Waals surface area contributed by atoms with Gasteiger partial charge < -0.3 is 15.4 Å². The smallest absolute Gasteiger partial charge is 0.253 e. The first-order valence-electron chi connectivity index (χ1n) is 10.6. The van der Waals surface area contributed by atoms with Crippen LogP contribution in [0.5, 0.6) is 5.75 Å². The Labute approximate surface area is 199 Å². The van der Waals surface area contributed by atoms with Crippen LogP contribution in [0.15, 0.2) is 83.8 Å². The van der Waals surface area contributed by atoms with Gasteiger partial charge in [-0.1, -0.05) is 42.5 Å². The van der Waals surface area contributed by atoms with Crippen LogP contribution in [0.2, 0.25) is 0 Å². The average molecular weight is 482 g/mol. The molecule has 9 heteroatoms. The molecule has 0 fully saturated rings. The van der Waals surface area contributed by atoms with Crippen molar-refractivity contribution in [3.8, 4) is 5.75 Å². The molecular weight excluding hydrogens is 454 g/mol. The standard InChI is InChI=1S/C25H27N3O5S/c1-18(19-9-5-4-6-10-19)26-25(30)22-11-7-8-12-23(22)27-24(29)17-28(2)34(31,32)21-15-13-20(33-3)14-16-21/h4-16,18H,17H2,1-3H3,(H,26,30)(H,27,29)/t18-/m1/s1. The highest BCUT2D eigenvalue weighted by molar-refractivity contribution is 7.89. The van der Waals surface area contributed by atoms with E-state index in [1.54, 1.807) is 24.3 Å². The van der Waals surface area contributed by atoms with Crippen molar-refractivity contribution in [3.63, 3.8) is 0 Å². The summed E-state index contributed by atoms with van der Waals surface area (Å²) in [4.78, 5) is 25.6. The molecule has 0 saturated carbocycles. The lowest BCUT2D eigenvalue weighted by Crippen LogP contribution is -2.35. The van der Waals surface area contributed by atoms with Crippen molar-refractivity contribution in [2.24, 2.45) is 0 Å². The van der Waals surface area contributed by atoms with Crippen LogP contribution in [-0.4, -0.2) is 45.2 Å². The van der Waals surface area contributed by atoms with Crippen molar-refractivity contribution < 1.29 is 22.7 Å². The largest absolute Gasteiger partial charge is 0.497 e. The second-order valence-electron chi connectivity index (χ2n) is 7.64. The summed E-state index contributed by atoms with van der Waals surface area (Å²) in [5.41, 5.74) is 1.52. The lowest BCUT2D eigenvalue weighted by molar-refractivity contribution is -0.116. The molecule has 3 rings (SSSR count). The van der Waals surface area contributed by atoms with Gasteiger partial charge >= 0.3 is 0 Å². The number of hydrogen-bond acceptors (Lipinski definition) is 5. The van der Waals surface area contributed by atoms with Crippen molar-refractivity contribution in [1.29, 1.82) is 0 Å². The fourth-order valence-electron chi connectivity index (χ4n) is 3.29. The molecule has 0 aliphatic rings. The number of nitrogens with zero attached hydrogens (tertiary/aromatic N) is 1. The van der Waals surface area contributed by atoms with Crippen LogP contribution < -0.4 is 15.4 Å². The number of likely N-dealkylation sites (N-methyl/N-ethyl adjacent to an activating group) is 1. The van der Waals surface area contributed by atoms with E-state index in [0.29, 0.717) is 11.4 Å². The first-order chi connectivity index (χ1) is 16.2. The van der Waals surface area contributed by atoms with Crippen LogP contribution in [0.1, 0.15) is 28.9 Å². The maximum Gasteiger partial charge on any atom is 0.253 e. The predicted octanol–water partition coefficient (Wildman–Crippen LogP) is 3.45. The summed E-state index contributed by atoms with van der Waals surface area (Å²) in [6.45, 7) is 1.44. The van der Waals surface area contributed by atoms with Crippen LogP contribution in [-0.2, 0) is 14.8 Å². The molecule has 0 radical (unpaired) electrons. The number of benzene rings is 3. The predicted molar refractivity (Wildman–Crippen MR) is 130 cm³/mol. The molecule has 0 spiro atoms. The molecule has 2 amide bonds. The number of hydrogen-bond donors (Lipinski definition) is 2. The van der Waals surface area contributed by atoms with E-state index in [1.807, 2.05) is 37.3 Å². The molecule has 0 heterocycles. The minimum absolute atomic E-state index is 0.0401. The van der Waals surface area contributed by atoms with Gasteiger partial charge in [-0.3, -0.25) is 9.59 Å². The molecule has 1 atom stereocenters. The van der Waals surface area contributed by atoms with Gasteiger partial charge in [0.2, 0.25) is 15.9 Å². The zero-order valence-electron chi connectivity index (χ0n) is 19.2. The van der Waals surface area contributed by atoms with E-state index in [1.165, 1.54) is 38.4 Å². The van der Waals surface area contributed by atoms with Gasteiger partial charge in [0.05, 0.1) is 35.8 Å². The molecule has 178 valence electrons. The van der Waals surface area contributed by atoms with E-state index in [-0.39, 0.29) is 22.4 Å². The third kappa shape index (κ3) is 6.00. The Hall–Kier alpha value is -3.69. The van der Waals surface area contributed by atoms with E-state index in [0.717, 1.165) is 9.87 Å². The number of sulfonamides is 1. The van der Waals surface area contributed by atoms with E-state index in [4.69, 9.17) is 4.74 Å². The minimum atomic E-state index is -3.89. The maximum atomic E-state index is 12.9. The zero-order valence-corrected chi connectivity index (χ0v) is 20.0. The lowest BCUT2D eigenvalue weighted by atomic mass is 10.1. The highest BCUT2D eigenvalue weighted by Crippen LogP contribution is 2.20. The van der Waals surface area contributed by atoms with Crippen molar-refractivity contribution in [3.05, 3.63) is 90.0 Å². The number of ether oxygens (including phenoxy) is 1. The first kappa shape index (κ1) is 24.9. The van der Waals surface area contributed by atoms with Crippen molar-refractivity contribution in [2.75, 3.05) is 26.0 Å². The SMILES string of the molecule is COc1ccc(S(=O)(=O)N(C)CC(=O)Nc2ccccc2C(=O)N[C@H](C)c2ccccc2)cc1. The Balaban J connectivity index is 1.68. The quantitative estimate of drug-likeness (QED) is 0.487. The topological polar surface area (TPSA) is 105 Å². The lowest BCUT2D eigenvalue weighted by Gasteiger charge is -2.19. The fourth-order valence-corrected chi connectivity index (χ4v) is 4.42. The molecule has 3 aromatic carbocycles. The molecule has 0 aromatic heterocycles. The molecule has 8 nitrogen and oxygen atoms in total. The molecule has 0 aliphatic heterocycles. The molecular formula is C25H27N3O5S. The van der Waals surface area contributed by atoms with Crippen LogP contribution in [0, 0.1) is 0 Å². The number of methoxy groups -OCH3 is 1. The average Bonchev–Trinajstić information content (AvgIpc) is 2.84. The van der Waals surface area contributed by atoms with Gasteiger partial charge in [0, 0.05) is 7.05 Å². The monoisotopic (exact) mass is 481 g/mol. The number of anilines is 1. The number of carbonyl (C=O) groups is 2. The summed E-state index contributed by atoms with van der Waals surface area (Å²) in [7, 11) is -1.08. The van der Waals surface area contributed by atoms with E-state index < -0.39 is 22.5 Å². The number of nitrogens with one attached hydrogen (secondary N) is 2. The summed E-state index contributed by atoms with van der Waals surface area (Å²) in [5.74, 6) is -0.404. The van der Waals surface area contributed by atoms with Gasteiger partial charge in [-0.05, 0) is 48.9 Å². The third-order valence-electron chi connectivity index (χ3n) is 5.23. The van der Waals surface area contributed by atoms with Crippen LogP contribution in [0.3, 0.4) is 0 Å². The Morgan fingerprint density at radius 2 is 1.56 bits per heavy atom. The normalized spacial score (nSPS) is 12.1.